The first-order valence-electron chi connectivity index (χ1n) is 10.2. The van der Waals surface area contributed by atoms with Gasteiger partial charge in [0.2, 0.25) is 0 Å². The molecule has 0 radical (unpaired) electrons. The van der Waals surface area contributed by atoms with Crippen molar-refractivity contribution >= 4 is 5.82 Å². The van der Waals surface area contributed by atoms with Crippen molar-refractivity contribution in [3.8, 4) is 0 Å². The molecule has 0 N–H and O–H groups in total. The monoisotopic (exact) mass is 371 g/mol. The number of aryl methyl sites for hydroxylation is 2. The summed E-state index contributed by atoms with van der Waals surface area (Å²) in [5, 5.41) is 0. The highest BCUT2D eigenvalue weighted by Gasteiger charge is 2.27. The Bertz CT molecular complexity index is 994. The molecule has 3 aromatic rings. The molecular weight excluding hydrogens is 342 g/mol. The number of aromatic nitrogens is 2. The minimum atomic E-state index is 0.175. The zero-order chi connectivity index (χ0) is 19.8. The molecule has 3 nitrogen and oxygen atoms in total. The molecule has 0 saturated heterocycles. The number of benzene rings is 2. The van der Waals surface area contributed by atoms with Gasteiger partial charge in [-0.3, -0.25) is 0 Å². The van der Waals surface area contributed by atoms with Gasteiger partial charge >= 0.3 is 0 Å². The molecule has 4 rings (SSSR count). The standard InChI is InChI=1S/C25H29N3/c1-16-11-12-22-13-14-28(20(5)23(22)15-16)25-17(2)19(4)26-24(27-25)18(3)21-9-7-6-8-10-21/h6-12,15,18,20H,13-14H2,1-5H3. The summed E-state index contributed by atoms with van der Waals surface area (Å²) >= 11 is 0. The average molecular weight is 372 g/mol. The first kappa shape index (κ1) is 18.7. The molecule has 0 spiro atoms. The van der Waals surface area contributed by atoms with Crippen molar-refractivity contribution in [2.24, 2.45) is 0 Å². The summed E-state index contributed by atoms with van der Waals surface area (Å²) in [6.07, 6.45) is 1.06. The van der Waals surface area contributed by atoms with E-state index in [0.29, 0.717) is 6.04 Å². The number of hydrogen-bond acceptors (Lipinski definition) is 3. The molecule has 0 bridgehead atoms. The van der Waals surface area contributed by atoms with Crippen LogP contribution in [0.25, 0.3) is 0 Å². The molecule has 0 fully saturated rings. The van der Waals surface area contributed by atoms with E-state index in [0.717, 1.165) is 30.3 Å². The lowest BCUT2D eigenvalue weighted by atomic mass is 9.91. The normalized spacial score (nSPS) is 17.3. The Morgan fingerprint density at radius 1 is 1.00 bits per heavy atom. The fourth-order valence-electron chi connectivity index (χ4n) is 4.22. The Kier molecular flexibility index (Phi) is 4.92. The molecule has 3 heteroatoms. The molecule has 0 saturated carbocycles. The van der Waals surface area contributed by atoms with Crippen molar-refractivity contribution in [1.29, 1.82) is 0 Å². The van der Waals surface area contributed by atoms with Crippen molar-refractivity contribution in [3.63, 3.8) is 0 Å². The summed E-state index contributed by atoms with van der Waals surface area (Å²) in [5.74, 6) is 2.17. The highest BCUT2D eigenvalue weighted by Crippen LogP contribution is 2.36. The van der Waals surface area contributed by atoms with E-state index in [9.17, 15) is 0 Å². The molecule has 2 unspecified atom stereocenters. The number of anilines is 1. The molecule has 2 aromatic carbocycles. The second-order valence-corrected chi connectivity index (χ2v) is 8.07. The SMILES string of the molecule is Cc1ccc2c(c1)C(C)N(c1nc(C(C)c3ccccc3)nc(C)c1C)CC2. The second kappa shape index (κ2) is 7.38. The predicted molar refractivity (Wildman–Crippen MR) is 116 cm³/mol. The summed E-state index contributed by atoms with van der Waals surface area (Å²) in [4.78, 5) is 12.4. The zero-order valence-corrected chi connectivity index (χ0v) is 17.5. The Labute approximate surface area is 168 Å². The van der Waals surface area contributed by atoms with E-state index in [-0.39, 0.29) is 5.92 Å². The van der Waals surface area contributed by atoms with Crippen molar-refractivity contribution in [2.45, 2.75) is 53.0 Å². The Hall–Kier alpha value is -2.68. The van der Waals surface area contributed by atoms with Gasteiger partial charge in [0.05, 0.1) is 6.04 Å². The van der Waals surface area contributed by atoms with Gasteiger partial charge in [-0.15, -0.1) is 0 Å². The van der Waals surface area contributed by atoms with E-state index in [4.69, 9.17) is 9.97 Å². The molecule has 144 valence electrons. The minimum Gasteiger partial charge on any atom is -0.349 e. The maximum absolute atomic E-state index is 5.09. The highest BCUT2D eigenvalue weighted by molar-refractivity contribution is 5.54. The van der Waals surface area contributed by atoms with Gasteiger partial charge < -0.3 is 4.90 Å². The summed E-state index contributed by atoms with van der Waals surface area (Å²) < 4.78 is 0. The maximum Gasteiger partial charge on any atom is 0.138 e. The molecule has 0 amide bonds. The fourth-order valence-corrected chi connectivity index (χ4v) is 4.22. The largest absolute Gasteiger partial charge is 0.349 e. The van der Waals surface area contributed by atoms with E-state index in [1.807, 2.05) is 0 Å². The van der Waals surface area contributed by atoms with Gasteiger partial charge in [-0.2, -0.15) is 0 Å². The van der Waals surface area contributed by atoms with Gasteiger partial charge in [0.1, 0.15) is 11.6 Å². The van der Waals surface area contributed by atoms with Crippen LogP contribution in [-0.2, 0) is 6.42 Å². The van der Waals surface area contributed by atoms with Gasteiger partial charge in [0, 0.05) is 23.7 Å². The van der Waals surface area contributed by atoms with Crippen LogP contribution in [0.2, 0.25) is 0 Å². The topological polar surface area (TPSA) is 29.0 Å². The third kappa shape index (κ3) is 3.30. The lowest BCUT2D eigenvalue weighted by Crippen LogP contribution is -2.35. The first-order chi connectivity index (χ1) is 13.5. The quantitative estimate of drug-likeness (QED) is 0.593. The van der Waals surface area contributed by atoms with Crippen LogP contribution in [0.1, 0.15) is 65.1 Å². The molecule has 2 atom stereocenters. The van der Waals surface area contributed by atoms with Gasteiger partial charge in [-0.05, 0) is 50.8 Å². The van der Waals surface area contributed by atoms with Crippen LogP contribution in [0.4, 0.5) is 5.82 Å². The zero-order valence-electron chi connectivity index (χ0n) is 17.5. The van der Waals surface area contributed by atoms with Crippen LogP contribution in [0.5, 0.6) is 0 Å². The molecular formula is C25H29N3. The van der Waals surface area contributed by atoms with E-state index < -0.39 is 0 Å². The van der Waals surface area contributed by atoms with Crippen LogP contribution < -0.4 is 4.90 Å². The van der Waals surface area contributed by atoms with Crippen molar-refractivity contribution in [1.82, 2.24) is 9.97 Å². The summed E-state index contributed by atoms with van der Waals surface area (Å²) in [6.45, 7) is 11.9. The van der Waals surface area contributed by atoms with E-state index in [2.05, 4.69) is 88.0 Å². The Morgan fingerprint density at radius 3 is 2.50 bits per heavy atom. The van der Waals surface area contributed by atoms with Crippen LogP contribution in [0, 0.1) is 20.8 Å². The highest BCUT2D eigenvalue weighted by atomic mass is 15.2. The summed E-state index contributed by atoms with van der Waals surface area (Å²) in [7, 11) is 0. The van der Waals surface area contributed by atoms with Crippen LogP contribution in [0.15, 0.2) is 48.5 Å². The van der Waals surface area contributed by atoms with Gasteiger partial charge in [-0.25, -0.2) is 9.97 Å². The second-order valence-electron chi connectivity index (χ2n) is 8.07. The first-order valence-corrected chi connectivity index (χ1v) is 10.2. The fraction of sp³-hybridized carbons (Fsp3) is 0.360. The molecule has 0 aliphatic carbocycles. The van der Waals surface area contributed by atoms with Gasteiger partial charge in [-0.1, -0.05) is 61.0 Å². The van der Waals surface area contributed by atoms with E-state index >= 15 is 0 Å². The molecule has 1 aliphatic rings. The minimum absolute atomic E-state index is 0.175. The Balaban J connectivity index is 1.75. The smallest absolute Gasteiger partial charge is 0.138 e. The van der Waals surface area contributed by atoms with E-state index in [1.54, 1.807) is 0 Å². The maximum atomic E-state index is 5.09. The van der Waals surface area contributed by atoms with E-state index in [1.165, 1.54) is 27.8 Å². The van der Waals surface area contributed by atoms with Crippen LogP contribution in [0.3, 0.4) is 0 Å². The average Bonchev–Trinajstić information content (AvgIpc) is 2.71. The molecule has 1 aromatic heterocycles. The van der Waals surface area contributed by atoms with Crippen LogP contribution in [-0.4, -0.2) is 16.5 Å². The third-order valence-corrected chi connectivity index (χ3v) is 6.18. The lowest BCUT2D eigenvalue weighted by Gasteiger charge is -2.37. The molecule has 2 heterocycles. The number of fused-ring (bicyclic) bond motifs is 1. The van der Waals surface area contributed by atoms with Gasteiger partial charge in [0.15, 0.2) is 0 Å². The number of hydrogen-bond donors (Lipinski definition) is 0. The van der Waals surface area contributed by atoms with Crippen molar-refractivity contribution in [3.05, 3.63) is 87.9 Å². The number of nitrogens with zero attached hydrogens (tertiary/aromatic N) is 3. The Morgan fingerprint density at radius 2 is 1.75 bits per heavy atom. The summed E-state index contributed by atoms with van der Waals surface area (Å²) in [5.41, 5.74) is 7.73. The van der Waals surface area contributed by atoms with Gasteiger partial charge in [0.25, 0.3) is 0 Å². The third-order valence-electron chi connectivity index (χ3n) is 6.18. The molecule has 28 heavy (non-hydrogen) atoms. The van der Waals surface area contributed by atoms with Crippen molar-refractivity contribution < 1.29 is 0 Å². The lowest BCUT2D eigenvalue weighted by molar-refractivity contribution is 0.609. The molecule has 1 aliphatic heterocycles. The predicted octanol–water partition coefficient (Wildman–Crippen LogP) is 5.68. The van der Waals surface area contributed by atoms with Crippen molar-refractivity contribution in [2.75, 3.05) is 11.4 Å². The summed E-state index contributed by atoms with van der Waals surface area (Å²) in [6, 6.07) is 17.7. The number of rotatable bonds is 3. The van der Waals surface area contributed by atoms with Crippen LogP contribution >= 0.6 is 0 Å².